The van der Waals surface area contributed by atoms with Crippen molar-refractivity contribution in [2.75, 3.05) is 6.61 Å². The van der Waals surface area contributed by atoms with Crippen LogP contribution in [0.3, 0.4) is 0 Å². The molecule has 0 aromatic heterocycles. The molecule has 0 amide bonds. The number of aliphatic hydroxyl groups is 2. The monoisotopic (exact) mass is 320 g/mol. The maximum Gasteiger partial charge on any atom is 0.160 e. The molecule has 1 spiro atoms. The van der Waals surface area contributed by atoms with Gasteiger partial charge in [-0.25, -0.2) is 0 Å². The number of hydrogen-bond acceptors (Lipinski definition) is 3. The lowest BCUT2D eigenvalue weighted by Crippen LogP contribution is -2.66. The molecule has 130 valence electrons. The first-order valence-corrected chi connectivity index (χ1v) is 9.85. The van der Waals surface area contributed by atoms with Gasteiger partial charge in [-0.15, -0.1) is 0 Å². The second-order valence-corrected chi connectivity index (χ2v) is 10.3. The minimum atomic E-state index is -0.579. The standard InChI is InChI=1S/C20H32O3/c1-17-7-3-8-20(16(21)23-12-17)14(17)6-9-19-10-13(4-5-15(19)20)18(2,22)11-19/h13-16,21-22H,3-12H2,1-2H3/t13-,14-,15-,16-,17+,18-,19+,20+/m1/s1. The van der Waals surface area contributed by atoms with E-state index in [-0.39, 0.29) is 16.2 Å². The van der Waals surface area contributed by atoms with Crippen molar-refractivity contribution in [1.29, 1.82) is 0 Å². The SMILES string of the molecule is C[C@]12CCC[C@]3([C@H](O)OC1)[C@@H]2CC[C@@]12C[C@@H](CC[C@H]13)[C@](C)(O)C2. The third kappa shape index (κ3) is 1.67. The van der Waals surface area contributed by atoms with Crippen molar-refractivity contribution >= 4 is 0 Å². The number of ether oxygens (including phenoxy) is 1. The van der Waals surface area contributed by atoms with E-state index in [0.29, 0.717) is 17.8 Å². The number of fused-ring (bicyclic) bond motifs is 1. The molecule has 5 aliphatic rings. The Labute approximate surface area is 139 Å². The van der Waals surface area contributed by atoms with E-state index < -0.39 is 11.9 Å². The van der Waals surface area contributed by atoms with Crippen molar-refractivity contribution in [2.24, 2.45) is 34.0 Å². The predicted octanol–water partition coefficient (Wildman–Crippen LogP) is 3.48. The Morgan fingerprint density at radius 2 is 1.83 bits per heavy atom. The summed E-state index contributed by atoms with van der Waals surface area (Å²) in [5.41, 5.74) is 0.00543. The second-order valence-electron chi connectivity index (χ2n) is 10.3. The van der Waals surface area contributed by atoms with Crippen LogP contribution in [-0.4, -0.2) is 28.7 Å². The Morgan fingerprint density at radius 1 is 1.00 bits per heavy atom. The molecule has 5 rings (SSSR count). The highest BCUT2D eigenvalue weighted by Gasteiger charge is 2.71. The lowest BCUT2D eigenvalue weighted by Gasteiger charge is -2.68. The van der Waals surface area contributed by atoms with Crippen LogP contribution in [0.25, 0.3) is 0 Å². The first kappa shape index (κ1) is 15.2. The van der Waals surface area contributed by atoms with E-state index in [1.807, 2.05) is 0 Å². The van der Waals surface area contributed by atoms with Crippen molar-refractivity contribution < 1.29 is 14.9 Å². The van der Waals surface area contributed by atoms with Gasteiger partial charge < -0.3 is 14.9 Å². The minimum Gasteiger partial charge on any atom is -0.390 e. The highest BCUT2D eigenvalue weighted by molar-refractivity contribution is 5.18. The van der Waals surface area contributed by atoms with E-state index in [0.717, 1.165) is 25.9 Å². The van der Waals surface area contributed by atoms with E-state index in [4.69, 9.17) is 4.74 Å². The third-order valence-electron chi connectivity index (χ3n) is 9.24. The molecule has 3 nitrogen and oxygen atoms in total. The summed E-state index contributed by atoms with van der Waals surface area (Å²) in [5, 5.41) is 22.0. The molecule has 1 aliphatic heterocycles. The van der Waals surface area contributed by atoms with Gasteiger partial charge in [0, 0.05) is 5.41 Å². The van der Waals surface area contributed by atoms with E-state index in [2.05, 4.69) is 13.8 Å². The van der Waals surface area contributed by atoms with Gasteiger partial charge in [-0.2, -0.15) is 0 Å². The highest BCUT2D eigenvalue weighted by Crippen LogP contribution is 2.74. The van der Waals surface area contributed by atoms with Crippen molar-refractivity contribution in [1.82, 2.24) is 0 Å². The van der Waals surface area contributed by atoms with Crippen LogP contribution in [-0.2, 0) is 4.74 Å². The fraction of sp³-hybridized carbons (Fsp3) is 1.00. The molecule has 0 aromatic carbocycles. The number of rotatable bonds is 0. The summed E-state index contributed by atoms with van der Waals surface area (Å²) in [6.45, 7) is 5.21. The van der Waals surface area contributed by atoms with Gasteiger partial charge in [-0.1, -0.05) is 13.3 Å². The molecule has 0 unspecified atom stereocenters. The summed E-state index contributed by atoms with van der Waals surface area (Å²) in [6.07, 6.45) is 10.0. The maximum absolute atomic E-state index is 11.0. The van der Waals surface area contributed by atoms with Crippen molar-refractivity contribution in [3.8, 4) is 0 Å². The number of aliphatic hydroxyl groups excluding tert-OH is 1. The van der Waals surface area contributed by atoms with Crippen LogP contribution in [0.1, 0.15) is 71.6 Å². The van der Waals surface area contributed by atoms with E-state index in [1.165, 1.54) is 38.5 Å². The van der Waals surface area contributed by atoms with Gasteiger partial charge in [0.1, 0.15) is 0 Å². The fourth-order valence-electron chi connectivity index (χ4n) is 8.52. The van der Waals surface area contributed by atoms with E-state index in [9.17, 15) is 10.2 Å². The molecule has 1 saturated heterocycles. The third-order valence-corrected chi connectivity index (χ3v) is 9.24. The van der Waals surface area contributed by atoms with Crippen molar-refractivity contribution in [3.05, 3.63) is 0 Å². The van der Waals surface area contributed by atoms with Gasteiger partial charge in [0.15, 0.2) is 6.29 Å². The summed E-state index contributed by atoms with van der Waals surface area (Å²) >= 11 is 0. The summed E-state index contributed by atoms with van der Waals surface area (Å²) in [6, 6.07) is 0. The van der Waals surface area contributed by atoms with Crippen LogP contribution in [0.2, 0.25) is 0 Å². The smallest absolute Gasteiger partial charge is 0.160 e. The van der Waals surface area contributed by atoms with Gasteiger partial charge in [0.25, 0.3) is 0 Å². The summed E-state index contributed by atoms with van der Waals surface area (Å²) < 4.78 is 6.01. The zero-order valence-electron chi connectivity index (χ0n) is 14.7. The summed E-state index contributed by atoms with van der Waals surface area (Å²) in [7, 11) is 0. The van der Waals surface area contributed by atoms with Gasteiger partial charge in [0.05, 0.1) is 12.2 Å². The predicted molar refractivity (Wildman–Crippen MR) is 87.6 cm³/mol. The minimum absolute atomic E-state index is 0.0328. The topological polar surface area (TPSA) is 49.7 Å². The average molecular weight is 320 g/mol. The molecule has 4 saturated carbocycles. The molecule has 0 radical (unpaired) electrons. The molecule has 8 atom stereocenters. The quantitative estimate of drug-likeness (QED) is 0.718. The number of hydrogen-bond donors (Lipinski definition) is 2. The lowest BCUT2D eigenvalue weighted by molar-refractivity contribution is -0.330. The first-order valence-electron chi connectivity index (χ1n) is 9.85. The van der Waals surface area contributed by atoms with Crippen LogP contribution in [0.15, 0.2) is 0 Å². The molecular weight excluding hydrogens is 288 g/mol. The Balaban J connectivity index is 1.62. The van der Waals surface area contributed by atoms with E-state index >= 15 is 0 Å². The van der Waals surface area contributed by atoms with Crippen LogP contribution in [0.5, 0.6) is 0 Å². The van der Waals surface area contributed by atoms with Gasteiger partial charge >= 0.3 is 0 Å². The molecule has 2 N–H and O–H groups in total. The van der Waals surface area contributed by atoms with Gasteiger partial charge in [0.2, 0.25) is 0 Å². The van der Waals surface area contributed by atoms with Crippen LogP contribution < -0.4 is 0 Å². The Kier molecular flexibility index (Phi) is 2.86. The molecular formula is C20H32O3. The van der Waals surface area contributed by atoms with Crippen LogP contribution in [0, 0.1) is 34.0 Å². The zero-order chi connectivity index (χ0) is 16.1. The first-order chi connectivity index (χ1) is 10.8. The van der Waals surface area contributed by atoms with Crippen molar-refractivity contribution in [2.45, 2.75) is 83.5 Å². The highest BCUT2D eigenvalue weighted by atomic mass is 16.6. The molecule has 23 heavy (non-hydrogen) atoms. The fourth-order valence-corrected chi connectivity index (χ4v) is 8.52. The molecule has 4 aliphatic carbocycles. The Bertz CT molecular complexity index is 531. The maximum atomic E-state index is 11.0. The van der Waals surface area contributed by atoms with Crippen LogP contribution in [0.4, 0.5) is 0 Å². The van der Waals surface area contributed by atoms with Crippen LogP contribution >= 0.6 is 0 Å². The second kappa shape index (κ2) is 4.34. The Morgan fingerprint density at radius 3 is 2.65 bits per heavy atom. The average Bonchev–Trinajstić information content (AvgIpc) is 2.68. The van der Waals surface area contributed by atoms with E-state index in [1.54, 1.807) is 0 Å². The zero-order valence-corrected chi connectivity index (χ0v) is 14.7. The van der Waals surface area contributed by atoms with Gasteiger partial charge in [-0.05, 0) is 86.9 Å². The molecule has 3 heteroatoms. The molecule has 0 aromatic rings. The van der Waals surface area contributed by atoms with Gasteiger partial charge in [-0.3, -0.25) is 0 Å². The summed E-state index contributed by atoms with van der Waals surface area (Å²) in [5.74, 6) is 1.64. The lowest BCUT2D eigenvalue weighted by atomic mass is 9.39. The van der Waals surface area contributed by atoms with Crippen molar-refractivity contribution in [3.63, 3.8) is 0 Å². The molecule has 1 heterocycles. The largest absolute Gasteiger partial charge is 0.390 e. The normalized spacial score (nSPS) is 64.2. The molecule has 4 bridgehead atoms. The summed E-state index contributed by atoms with van der Waals surface area (Å²) in [4.78, 5) is 0. The Hall–Kier alpha value is -0.120. The molecule has 5 fully saturated rings.